The van der Waals surface area contributed by atoms with Crippen LogP contribution < -0.4 is 0 Å². The minimum Gasteiger partial charge on any atom is -0.389 e. The Morgan fingerprint density at radius 1 is 1.38 bits per heavy atom. The van der Waals surface area contributed by atoms with Crippen LogP contribution in [0, 0.1) is 0 Å². The number of aromatic nitrogens is 4. The maximum atomic E-state index is 10.4. The second-order valence-corrected chi connectivity index (χ2v) is 4.53. The van der Waals surface area contributed by atoms with Gasteiger partial charge in [0, 0.05) is 19.5 Å². The van der Waals surface area contributed by atoms with Gasteiger partial charge in [-0.1, -0.05) is 6.92 Å². The predicted octanol–water partition coefficient (Wildman–Crippen LogP) is -0.401. The first kappa shape index (κ1) is 11.5. The van der Waals surface area contributed by atoms with Gasteiger partial charge < -0.3 is 10.0 Å². The van der Waals surface area contributed by atoms with Crippen LogP contribution in [0.25, 0.3) is 0 Å². The molecule has 0 radical (unpaired) electrons. The Morgan fingerprint density at radius 3 is 2.56 bits per heavy atom. The van der Waals surface area contributed by atoms with Crippen molar-refractivity contribution in [2.45, 2.75) is 31.8 Å². The molecule has 0 amide bonds. The number of aliphatic hydroxyl groups is 1. The zero-order valence-electron chi connectivity index (χ0n) is 9.93. The van der Waals surface area contributed by atoms with Gasteiger partial charge in [0.05, 0.1) is 12.6 Å². The molecule has 1 saturated heterocycles. The van der Waals surface area contributed by atoms with E-state index in [0.717, 1.165) is 32.5 Å². The summed E-state index contributed by atoms with van der Waals surface area (Å²) in [5, 5.41) is 22.2. The van der Waals surface area contributed by atoms with Crippen LogP contribution in [0.5, 0.6) is 0 Å². The van der Waals surface area contributed by atoms with Crippen molar-refractivity contribution in [3.05, 3.63) is 5.82 Å². The number of tetrazole rings is 1. The van der Waals surface area contributed by atoms with Crippen molar-refractivity contribution in [1.82, 2.24) is 25.1 Å². The predicted molar refractivity (Wildman–Crippen MR) is 58.8 cm³/mol. The summed E-state index contributed by atoms with van der Waals surface area (Å²) in [5.41, 5.74) is -0.644. The molecule has 1 aromatic heterocycles. The van der Waals surface area contributed by atoms with E-state index in [4.69, 9.17) is 0 Å². The van der Waals surface area contributed by atoms with Crippen LogP contribution in [0.3, 0.4) is 0 Å². The molecule has 1 N–H and O–H groups in total. The first-order valence-corrected chi connectivity index (χ1v) is 5.79. The van der Waals surface area contributed by atoms with E-state index < -0.39 is 5.60 Å². The highest BCUT2D eigenvalue weighted by molar-refractivity contribution is 4.94. The van der Waals surface area contributed by atoms with Gasteiger partial charge in [-0.3, -0.25) is 0 Å². The Labute approximate surface area is 95.2 Å². The third kappa shape index (κ3) is 2.56. The highest BCUT2D eigenvalue weighted by atomic mass is 16.3. The molecule has 0 unspecified atom stereocenters. The third-order valence-electron chi connectivity index (χ3n) is 3.27. The van der Waals surface area contributed by atoms with Crippen molar-refractivity contribution in [3.63, 3.8) is 0 Å². The lowest BCUT2D eigenvalue weighted by Gasteiger charge is -2.37. The average Bonchev–Trinajstić information content (AvgIpc) is 2.64. The fraction of sp³-hybridized carbons (Fsp3) is 0.900. The third-order valence-corrected chi connectivity index (χ3v) is 3.27. The van der Waals surface area contributed by atoms with E-state index in [1.165, 1.54) is 4.80 Å². The molecule has 1 fully saturated rings. The van der Waals surface area contributed by atoms with Gasteiger partial charge in [-0.05, 0) is 24.6 Å². The highest BCUT2D eigenvalue weighted by Gasteiger charge is 2.33. The molecular weight excluding hydrogens is 206 g/mol. The molecule has 2 rings (SSSR count). The second-order valence-electron chi connectivity index (χ2n) is 4.53. The molecule has 0 atom stereocenters. The fourth-order valence-corrected chi connectivity index (χ4v) is 2.15. The Hall–Kier alpha value is -1.01. The number of nitrogens with zero attached hydrogens (tertiary/aromatic N) is 5. The molecule has 2 heterocycles. The van der Waals surface area contributed by atoms with Gasteiger partial charge in [0.1, 0.15) is 0 Å². The first-order chi connectivity index (χ1) is 7.61. The summed E-state index contributed by atoms with van der Waals surface area (Å²) in [5.74, 6) is 0.634. The van der Waals surface area contributed by atoms with Crippen molar-refractivity contribution < 1.29 is 5.11 Å². The van der Waals surface area contributed by atoms with Gasteiger partial charge in [0.2, 0.25) is 0 Å². The van der Waals surface area contributed by atoms with Crippen LogP contribution in [-0.4, -0.2) is 55.4 Å². The van der Waals surface area contributed by atoms with Gasteiger partial charge in [0.25, 0.3) is 0 Å². The molecular formula is C10H19N5O. The SMILES string of the molecule is CCN1CCC(O)(Cc2nnn(C)n2)CC1. The standard InChI is InChI=1S/C10H19N5O/c1-3-15-6-4-10(16,5-7-15)8-9-11-13-14(2)12-9/h16H,3-8H2,1-2H3. The normalized spacial score (nSPS) is 21.2. The molecule has 1 aliphatic rings. The van der Waals surface area contributed by atoms with E-state index >= 15 is 0 Å². The Kier molecular flexibility index (Phi) is 3.20. The van der Waals surface area contributed by atoms with Crippen LogP contribution in [-0.2, 0) is 13.5 Å². The first-order valence-electron chi connectivity index (χ1n) is 5.79. The molecule has 6 heteroatoms. The lowest BCUT2D eigenvalue weighted by Crippen LogP contribution is -2.45. The summed E-state index contributed by atoms with van der Waals surface area (Å²) in [6.07, 6.45) is 2.09. The molecule has 0 aliphatic carbocycles. The summed E-state index contributed by atoms with van der Waals surface area (Å²) in [6.45, 7) is 5.11. The van der Waals surface area contributed by atoms with Crippen molar-refractivity contribution >= 4 is 0 Å². The van der Waals surface area contributed by atoms with Crippen LogP contribution in [0.2, 0.25) is 0 Å². The number of rotatable bonds is 3. The Balaban J connectivity index is 1.94. The molecule has 1 aromatic rings. The van der Waals surface area contributed by atoms with Gasteiger partial charge in [-0.2, -0.15) is 4.80 Å². The molecule has 0 saturated carbocycles. The van der Waals surface area contributed by atoms with E-state index in [1.54, 1.807) is 7.05 Å². The zero-order valence-corrected chi connectivity index (χ0v) is 9.93. The van der Waals surface area contributed by atoms with Crippen LogP contribution in [0.15, 0.2) is 0 Å². The van der Waals surface area contributed by atoms with E-state index in [-0.39, 0.29) is 0 Å². The van der Waals surface area contributed by atoms with Crippen molar-refractivity contribution in [1.29, 1.82) is 0 Å². The lowest BCUT2D eigenvalue weighted by molar-refractivity contribution is -0.0208. The van der Waals surface area contributed by atoms with Crippen molar-refractivity contribution in [2.24, 2.45) is 7.05 Å². The van der Waals surface area contributed by atoms with Crippen LogP contribution in [0.4, 0.5) is 0 Å². The van der Waals surface area contributed by atoms with E-state index in [1.807, 2.05) is 0 Å². The lowest BCUT2D eigenvalue weighted by atomic mass is 9.88. The number of hydrogen-bond acceptors (Lipinski definition) is 5. The molecule has 0 spiro atoms. The summed E-state index contributed by atoms with van der Waals surface area (Å²) in [6, 6.07) is 0. The molecule has 0 aromatic carbocycles. The van der Waals surface area contributed by atoms with Gasteiger partial charge >= 0.3 is 0 Å². The molecule has 1 aliphatic heterocycles. The molecule has 6 nitrogen and oxygen atoms in total. The smallest absolute Gasteiger partial charge is 0.177 e. The summed E-state index contributed by atoms with van der Waals surface area (Å²) < 4.78 is 0. The summed E-state index contributed by atoms with van der Waals surface area (Å²) in [7, 11) is 1.74. The average molecular weight is 225 g/mol. The quantitative estimate of drug-likeness (QED) is 0.758. The second kappa shape index (κ2) is 4.47. The highest BCUT2D eigenvalue weighted by Crippen LogP contribution is 2.24. The maximum Gasteiger partial charge on any atom is 0.177 e. The molecule has 90 valence electrons. The number of likely N-dealkylation sites (tertiary alicyclic amines) is 1. The minimum atomic E-state index is -0.644. The minimum absolute atomic E-state index is 0.512. The van der Waals surface area contributed by atoms with E-state index in [0.29, 0.717) is 12.2 Å². The van der Waals surface area contributed by atoms with Gasteiger partial charge in [-0.25, -0.2) is 0 Å². The number of hydrogen-bond donors (Lipinski definition) is 1. The van der Waals surface area contributed by atoms with Crippen molar-refractivity contribution in [3.8, 4) is 0 Å². The maximum absolute atomic E-state index is 10.4. The topological polar surface area (TPSA) is 67.1 Å². The Bertz CT molecular complexity index is 343. The zero-order chi connectivity index (χ0) is 11.6. The van der Waals surface area contributed by atoms with E-state index in [2.05, 4.69) is 27.2 Å². The monoisotopic (exact) mass is 225 g/mol. The molecule has 0 bridgehead atoms. The molecule has 16 heavy (non-hydrogen) atoms. The largest absolute Gasteiger partial charge is 0.389 e. The van der Waals surface area contributed by atoms with Crippen LogP contribution in [0.1, 0.15) is 25.6 Å². The Morgan fingerprint density at radius 2 is 2.06 bits per heavy atom. The summed E-state index contributed by atoms with van der Waals surface area (Å²) >= 11 is 0. The summed E-state index contributed by atoms with van der Waals surface area (Å²) in [4.78, 5) is 3.78. The number of aryl methyl sites for hydroxylation is 1. The van der Waals surface area contributed by atoms with E-state index in [9.17, 15) is 5.11 Å². The van der Waals surface area contributed by atoms with Gasteiger partial charge in [-0.15, -0.1) is 10.2 Å². The van der Waals surface area contributed by atoms with Crippen molar-refractivity contribution in [2.75, 3.05) is 19.6 Å². The van der Waals surface area contributed by atoms with Gasteiger partial charge in [0.15, 0.2) is 5.82 Å². The van der Waals surface area contributed by atoms with Crippen LogP contribution >= 0.6 is 0 Å². The number of piperidine rings is 1. The fourth-order valence-electron chi connectivity index (χ4n) is 2.15.